The third-order valence-corrected chi connectivity index (χ3v) is 6.94. The highest BCUT2D eigenvalue weighted by Gasteiger charge is 2.17. The Morgan fingerprint density at radius 3 is 2.68 bits per heavy atom. The third kappa shape index (κ3) is 4.55. The Morgan fingerprint density at radius 2 is 1.85 bits per heavy atom. The van der Waals surface area contributed by atoms with E-state index in [2.05, 4.69) is 20.4 Å². The number of ketones is 1. The summed E-state index contributed by atoms with van der Waals surface area (Å²) in [5.41, 5.74) is 4.25. The standard InChI is InChI=1S/C25H19ClFN5OS/c1-32(22-10-9-21-20(23(22)26)14-28-29-21)25-31-30-24(34-25)17-4-2-3-16(11-17)13-19(33)12-15-5-7-18(27)8-6-15/h2-11,14H,12-13H2,1H3,(H,28,29). The largest absolute Gasteiger partial charge is 0.318 e. The quantitative estimate of drug-likeness (QED) is 0.302. The summed E-state index contributed by atoms with van der Waals surface area (Å²) in [7, 11) is 1.89. The van der Waals surface area contributed by atoms with Crippen LogP contribution in [0.1, 0.15) is 11.1 Å². The Kier molecular flexibility index (Phi) is 6.08. The van der Waals surface area contributed by atoms with Crippen LogP contribution in [0.5, 0.6) is 0 Å². The molecule has 6 nitrogen and oxygen atoms in total. The molecule has 0 saturated heterocycles. The lowest BCUT2D eigenvalue weighted by Gasteiger charge is -2.17. The highest BCUT2D eigenvalue weighted by molar-refractivity contribution is 7.18. The molecule has 2 heterocycles. The van der Waals surface area contributed by atoms with Crippen molar-refractivity contribution in [3.05, 3.63) is 88.8 Å². The molecule has 0 aliphatic rings. The van der Waals surface area contributed by atoms with E-state index in [0.29, 0.717) is 10.2 Å². The fraction of sp³-hybridized carbons (Fsp3) is 0.120. The molecule has 0 unspecified atom stereocenters. The van der Waals surface area contributed by atoms with Gasteiger partial charge < -0.3 is 4.90 Å². The van der Waals surface area contributed by atoms with Gasteiger partial charge in [0.25, 0.3) is 0 Å². The van der Waals surface area contributed by atoms with Gasteiger partial charge in [-0.25, -0.2) is 4.39 Å². The van der Waals surface area contributed by atoms with E-state index in [4.69, 9.17) is 11.6 Å². The van der Waals surface area contributed by atoms with Gasteiger partial charge in [0.1, 0.15) is 16.6 Å². The lowest BCUT2D eigenvalue weighted by atomic mass is 10.0. The Morgan fingerprint density at radius 1 is 1.06 bits per heavy atom. The number of aromatic nitrogens is 4. The normalized spacial score (nSPS) is 11.1. The zero-order valence-electron chi connectivity index (χ0n) is 18.1. The molecule has 3 aromatic carbocycles. The first-order valence-electron chi connectivity index (χ1n) is 10.5. The fourth-order valence-electron chi connectivity index (χ4n) is 3.74. The Hall–Kier alpha value is -3.62. The zero-order valence-corrected chi connectivity index (χ0v) is 19.7. The van der Waals surface area contributed by atoms with Crippen LogP contribution in [0.25, 0.3) is 21.5 Å². The van der Waals surface area contributed by atoms with Crippen LogP contribution in [0.2, 0.25) is 5.02 Å². The Balaban J connectivity index is 1.32. The van der Waals surface area contributed by atoms with Gasteiger partial charge in [-0.2, -0.15) is 5.10 Å². The van der Waals surface area contributed by atoms with Crippen LogP contribution < -0.4 is 4.90 Å². The minimum atomic E-state index is -0.310. The number of halogens is 2. The number of aromatic amines is 1. The number of nitrogens with one attached hydrogen (secondary N) is 1. The molecule has 0 aliphatic heterocycles. The molecule has 34 heavy (non-hydrogen) atoms. The van der Waals surface area contributed by atoms with E-state index in [-0.39, 0.29) is 24.4 Å². The van der Waals surface area contributed by atoms with Gasteiger partial charge >= 0.3 is 0 Å². The molecular weight excluding hydrogens is 473 g/mol. The summed E-state index contributed by atoms with van der Waals surface area (Å²) in [6, 6.07) is 17.6. The van der Waals surface area contributed by atoms with Crippen LogP contribution in [0.3, 0.4) is 0 Å². The number of hydrogen-bond acceptors (Lipinski definition) is 6. The second-order valence-corrected chi connectivity index (χ2v) is 9.23. The summed E-state index contributed by atoms with van der Waals surface area (Å²) in [6.45, 7) is 0. The number of benzene rings is 3. The average Bonchev–Trinajstić information content (AvgIpc) is 3.51. The van der Waals surface area contributed by atoms with Crippen molar-refractivity contribution in [2.24, 2.45) is 0 Å². The van der Waals surface area contributed by atoms with E-state index < -0.39 is 0 Å². The highest BCUT2D eigenvalue weighted by atomic mass is 35.5. The first-order valence-corrected chi connectivity index (χ1v) is 11.7. The van der Waals surface area contributed by atoms with Crippen molar-refractivity contribution in [3.63, 3.8) is 0 Å². The number of hydrogen-bond donors (Lipinski definition) is 1. The first kappa shape index (κ1) is 22.2. The molecule has 9 heteroatoms. The topological polar surface area (TPSA) is 74.8 Å². The minimum Gasteiger partial charge on any atom is -0.318 e. The maximum Gasteiger partial charge on any atom is 0.212 e. The van der Waals surface area contributed by atoms with Crippen LogP contribution in [-0.2, 0) is 17.6 Å². The van der Waals surface area contributed by atoms with E-state index in [1.165, 1.54) is 23.5 Å². The van der Waals surface area contributed by atoms with Crippen LogP contribution in [-0.4, -0.2) is 33.2 Å². The maximum atomic E-state index is 13.1. The number of carbonyl (C=O) groups excluding carboxylic acids is 1. The molecule has 1 N–H and O–H groups in total. The van der Waals surface area contributed by atoms with Gasteiger partial charge in [0.05, 0.1) is 22.4 Å². The molecule has 2 aromatic heterocycles. The van der Waals surface area contributed by atoms with Crippen molar-refractivity contribution < 1.29 is 9.18 Å². The van der Waals surface area contributed by atoms with Crippen molar-refractivity contribution in [2.75, 3.05) is 11.9 Å². The monoisotopic (exact) mass is 491 g/mol. The van der Waals surface area contributed by atoms with Crippen LogP contribution in [0, 0.1) is 5.82 Å². The van der Waals surface area contributed by atoms with Crippen molar-refractivity contribution >= 4 is 50.4 Å². The maximum absolute atomic E-state index is 13.1. The smallest absolute Gasteiger partial charge is 0.212 e. The van der Waals surface area contributed by atoms with Gasteiger partial charge in [0, 0.05) is 30.8 Å². The number of H-pyrrole nitrogens is 1. The van der Waals surface area contributed by atoms with E-state index in [1.54, 1.807) is 18.3 Å². The second-order valence-electron chi connectivity index (χ2n) is 7.90. The van der Waals surface area contributed by atoms with E-state index in [1.807, 2.05) is 48.3 Å². The fourth-order valence-corrected chi connectivity index (χ4v) is 4.89. The summed E-state index contributed by atoms with van der Waals surface area (Å²) in [5.74, 6) is -0.249. The molecule has 170 valence electrons. The van der Waals surface area contributed by atoms with Gasteiger partial charge in [-0.05, 0) is 41.5 Å². The van der Waals surface area contributed by atoms with Gasteiger partial charge in [-0.1, -0.05) is 53.3 Å². The van der Waals surface area contributed by atoms with Crippen LogP contribution in [0.4, 0.5) is 15.2 Å². The lowest BCUT2D eigenvalue weighted by molar-refractivity contribution is -0.117. The van der Waals surface area contributed by atoms with E-state index >= 15 is 0 Å². The Labute approximate surface area is 204 Å². The molecule has 0 radical (unpaired) electrons. The molecule has 0 spiro atoms. The van der Waals surface area contributed by atoms with Crippen LogP contribution >= 0.6 is 22.9 Å². The molecule has 0 atom stereocenters. The van der Waals surface area contributed by atoms with Crippen molar-refractivity contribution in [3.8, 4) is 10.6 Å². The average molecular weight is 492 g/mol. The van der Waals surface area contributed by atoms with Gasteiger partial charge in [-0.15, -0.1) is 10.2 Å². The second kappa shape index (κ2) is 9.32. The molecule has 0 aliphatic carbocycles. The van der Waals surface area contributed by atoms with Gasteiger partial charge in [-0.3, -0.25) is 9.89 Å². The molecule has 0 saturated carbocycles. The third-order valence-electron chi connectivity index (χ3n) is 5.49. The number of rotatable bonds is 7. The first-order chi connectivity index (χ1) is 16.5. The number of carbonyl (C=O) groups is 1. The molecule has 0 bridgehead atoms. The minimum absolute atomic E-state index is 0.0609. The highest BCUT2D eigenvalue weighted by Crippen LogP contribution is 2.38. The van der Waals surface area contributed by atoms with Gasteiger partial charge in [0.2, 0.25) is 5.13 Å². The summed E-state index contributed by atoms with van der Waals surface area (Å²) >= 11 is 8.03. The number of fused-ring (bicyclic) bond motifs is 1. The van der Waals surface area contributed by atoms with Crippen LogP contribution in [0.15, 0.2) is 66.9 Å². The summed E-state index contributed by atoms with van der Waals surface area (Å²) in [5, 5.41) is 18.5. The Bertz CT molecular complexity index is 1480. The lowest BCUT2D eigenvalue weighted by Crippen LogP contribution is -2.09. The van der Waals surface area contributed by atoms with E-state index in [9.17, 15) is 9.18 Å². The predicted octanol–water partition coefficient (Wildman–Crippen LogP) is 6.00. The number of Topliss-reactive ketones (excluding diaryl/α,β-unsaturated/α-hetero) is 1. The van der Waals surface area contributed by atoms with Gasteiger partial charge in [0.15, 0.2) is 0 Å². The van der Waals surface area contributed by atoms with Crippen molar-refractivity contribution in [1.82, 2.24) is 20.4 Å². The number of nitrogens with zero attached hydrogens (tertiary/aromatic N) is 4. The summed E-state index contributed by atoms with van der Waals surface area (Å²) < 4.78 is 13.1. The van der Waals surface area contributed by atoms with Crippen molar-refractivity contribution in [2.45, 2.75) is 12.8 Å². The molecule has 0 amide bonds. The molecule has 5 aromatic rings. The zero-order chi connectivity index (χ0) is 23.7. The predicted molar refractivity (Wildman–Crippen MR) is 133 cm³/mol. The molecular formula is C25H19ClFN5OS. The molecule has 5 rings (SSSR count). The number of anilines is 2. The SMILES string of the molecule is CN(c1nnc(-c2cccc(CC(=O)Cc3ccc(F)cc3)c2)s1)c1ccc2[nH]ncc2c1Cl. The van der Waals surface area contributed by atoms with Crippen molar-refractivity contribution in [1.29, 1.82) is 0 Å². The summed E-state index contributed by atoms with van der Waals surface area (Å²) in [6.07, 6.45) is 2.25. The molecule has 0 fully saturated rings. The van der Waals surface area contributed by atoms with E-state index in [0.717, 1.165) is 38.3 Å². The summed E-state index contributed by atoms with van der Waals surface area (Å²) in [4.78, 5) is 14.4.